The van der Waals surface area contributed by atoms with Gasteiger partial charge in [0.1, 0.15) is 29.0 Å². The number of nitrogens with one attached hydrogen (secondary N) is 1. The average Bonchev–Trinajstić information content (AvgIpc) is 2.83. The molecule has 0 saturated carbocycles. The molecule has 9 heteroatoms. The van der Waals surface area contributed by atoms with E-state index >= 15 is 0 Å². The van der Waals surface area contributed by atoms with E-state index in [-0.39, 0.29) is 6.42 Å². The number of halogens is 3. The number of hydrogen-bond acceptors (Lipinski definition) is 4. The zero-order valence-corrected chi connectivity index (χ0v) is 19.0. The molecule has 178 valence electrons. The number of rotatable bonds is 6. The summed E-state index contributed by atoms with van der Waals surface area (Å²) in [6.07, 6.45) is 1.19. The molecule has 0 radical (unpaired) electrons. The summed E-state index contributed by atoms with van der Waals surface area (Å²) in [5.41, 5.74) is 2.32. The molecule has 0 aliphatic carbocycles. The molecule has 0 fully saturated rings. The highest BCUT2D eigenvalue weighted by Gasteiger charge is 2.28. The van der Waals surface area contributed by atoms with Gasteiger partial charge in [0, 0.05) is 22.6 Å². The summed E-state index contributed by atoms with van der Waals surface area (Å²) in [5, 5.41) is 21.4. The molecule has 1 amide bonds. The number of carbonyl (C=O) groups excluding carboxylic acids is 1. The van der Waals surface area contributed by atoms with Crippen molar-refractivity contribution in [2.24, 2.45) is 0 Å². The molecule has 1 atom stereocenters. The zero-order chi connectivity index (χ0) is 25.1. The van der Waals surface area contributed by atoms with Gasteiger partial charge in [-0.1, -0.05) is 35.9 Å². The number of nitriles is 1. The van der Waals surface area contributed by atoms with Gasteiger partial charge in [-0.2, -0.15) is 5.26 Å². The fourth-order valence-corrected chi connectivity index (χ4v) is 4.38. The van der Waals surface area contributed by atoms with Crippen molar-refractivity contribution in [1.29, 1.82) is 5.26 Å². The summed E-state index contributed by atoms with van der Waals surface area (Å²) in [6, 6.07) is 11.9. The molecule has 1 aliphatic rings. The second kappa shape index (κ2) is 10.1. The van der Waals surface area contributed by atoms with Gasteiger partial charge < -0.3 is 15.2 Å². The highest BCUT2D eigenvalue weighted by molar-refractivity contribution is 6.33. The van der Waals surface area contributed by atoms with E-state index in [4.69, 9.17) is 21.6 Å². The van der Waals surface area contributed by atoms with Crippen LogP contribution in [0.3, 0.4) is 0 Å². The monoisotopic (exact) mass is 496 g/mol. The van der Waals surface area contributed by atoms with E-state index in [1.54, 1.807) is 30.3 Å². The van der Waals surface area contributed by atoms with E-state index in [1.165, 1.54) is 0 Å². The van der Waals surface area contributed by atoms with Gasteiger partial charge in [-0.05, 0) is 48.2 Å². The van der Waals surface area contributed by atoms with Crippen molar-refractivity contribution in [3.63, 3.8) is 0 Å². The van der Waals surface area contributed by atoms with Gasteiger partial charge in [-0.25, -0.2) is 13.6 Å². The first-order chi connectivity index (χ1) is 16.8. The van der Waals surface area contributed by atoms with Gasteiger partial charge in [0.05, 0.1) is 18.2 Å². The quantitative estimate of drug-likeness (QED) is 0.505. The molecule has 35 heavy (non-hydrogen) atoms. The molecule has 1 unspecified atom stereocenters. The lowest BCUT2D eigenvalue weighted by Gasteiger charge is -2.25. The lowest BCUT2D eigenvalue weighted by molar-refractivity contribution is -0.139. The molecule has 4 rings (SSSR count). The van der Waals surface area contributed by atoms with E-state index in [1.807, 2.05) is 6.07 Å². The molecule has 1 heterocycles. The van der Waals surface area contributed by atoms with Crippen molar-refractivity contribution in [3.8, 4) is 22.9 Å². The number of hydrogen-bond donors (Lipinski definition) is 2. The number of benzene rings is 3. The largest absolute Gasteiger partial charge is 0.493 e. The predicted molar refractivity (Wildman–Crippen MR) is 124 cm³/mol. The zero-order valence-electron chi connectivity index (χ0n) is 18.3. The maximum Gasteiger partial charge on any atom is 0.326 e. The molecule has 0 bridgehead atoms. The van der Waals surface area contributed by atoms with Crippen molar-refractivity contribution in [1.82, 2.24) is 5.32 Å². The maximum atomic E-state index is 14.0. The van der Waals surface area contributed by atoms with E-state index in [9.17, 15) is 23.5 Å². The molecule has 3 aromatic carbocycles. The van der Waals surface area contributed by atoms with Gasteiger partial charge in [-0.3, -0.25) is 4.79 Å². The topological polar surface area (TPSA) is 99.4 Å². The smallest absolute Gasteiger partial charge is 0.326 e. The standard InChI is InChI=1S/C26H19ClF2N2O4/c27-19-11-14(13-30)6-8-17(19)18-9-7-15(16-3-2-10-35-24(16)18)12-22(26(33)34)31-25(32)23-20(28)4-1-5-21(23)29/h1,4-9,11,22H,2-3,10,12H2,(H,31,32)(H,33,34). The Kier molecular flexibility index (Phi) is 6.99. The van der Waals surface area contributed by atoms with Gasteiger partial charge in [0.15, 0.2) is 0 Å². The maximum absolute atomic E-state index is 14.0. The van der Waals surface area contributed by atoms with Crippen LogP contribution < -0.4 is 10.1 Å². The Morgan fingerprint density at radius 1 is 1.14 bits per heavy atom. The Hall–Kier alpha value is -3.96. The van der Waals surface area contributed by atoms with Gasteiger partial charge >= 0.3 is 5.97 Å². The molecular weight excluding hydrogens is 478 g/mol. The number of carboxylic acids is 1. The van der Waals surface area contributed by atoms with Crippen molar-refractivity contribution in [3.05, 3.63) is 87.4 Å². The Morgan fingerprint density at radius 3 is 2.51 bits per heavy atom. The normalized spacial score (nSPS) is 13.2. The summed E-state index contributed by atoms with van der Waals surface area (Å²) < 4.78 is 33.9. The summed E-state index contributed by atoms with van der Waals surface area (Å²) in [7, 11) is 0. The Balaban J connectivity index is 1.67. The summed E-state index contributed by atoms with van der Waals surface area (Å²) >= 11 is 6.40. The molecule has 2 N–H and O–H groups in total. The van der Waals surface area contributed by atoms with Gasteiger partial charge in [0.2, 0.25) is 0 Å². The minimum absolute atomic E-state index is 0.121. The van der Waals surface area contributed by atoms with Crippen LogP contribution in [-0.2, 0) is 17.6 Å². The Labute approximate surface area is 204 Å². The summed E-state index contributed by atoms with van der Waals surface area (Å²) in [4.78, 5) is 24.4. The molecule has 0 spiro atoms. The number of carboxylic acid groups (broad SMARTS) is 1. The fourth-order valence-electron chi connectivity index (χ4n) is 4.10. The van der Waals surface area contributed by atoms with Crippen LogP contribution in [0.2, 0.25) is 5.02 Å². The van der Waals surface area contributed by atoms with Crippen LogP contribution in [0, 0.1) is 23.0 Å². The SMILES string of the molecule is N#Cc1ccc(-c2ccc(CC(NC(=O)c3c(F)cccc3F)C(=O)O)c3c2OCCC3)c(Cl)c1. The third kappa shape index (κ3) is 4.96. The second-order valence-electron chi connectivity index (χ2n) is 8.00. The molecular formula is C26H19ClF2N2O4. The number of amides is 1. The van der Waals surface area contributed by atoms with Crippen LogP contribution in [0.4, 0.5) is 8.78 Å². The number of carbonyl (C=O) groups is 2. The van der Waals surface area contributed by atoms with Crippen molar-refractivity contribution in [2.75, 3.05) is 6.61 Å². The van der Waals surface area contributed by atoms with Gasteiger partial charge in [0.25, 0.3) is 5.91 Å². The molecule has 1 aliphatic heterocycles. The lowest BCUT2D eigenvalue weighted by atomic mass is 9.90. The van der Waals surface area contributed by atoms with Crippen LogP contribution >= 0.6 is 11.6 Å². The second-order valence-corrected chi connectivity index (χ2v) is 8.41. The van der Waals surface area contributed by atoms with Crippen molar-refractivity contribution in [2.45, 2.75) is 25.3 Å². The van der Waals surface area contributed by atoms with E-state index in [0.717, 1.165) is 23.8 Å². The molecule has 6 nitrogen and oxygen atoms in total. The summed E-state index contributed by atoms with van der Waals surface area (Å²) in [5.74, 6) is -4.11. The number of fused-ring (bicyclic) bond motifs is 1. The molecule has 0 saturated heterocycles. The Morgan fingerprint density at radius 2 is 1.86 bits per heavy atom. The highest BCUT2D eigenvalue weighted by atomic mass is 35.5. The predicted octanol–water partition coefficient (Wildman–Crippen LogP) is 4.91. The third-order valence-corrected chi connectivity index (χ3v) is 6.09. The average molecular weight is 497 g/mol. The Bertz CT molecular complexity index is 1350. The fraction of sp³-hybridized carbons (Fsp3) is 0.192. The minimum Gasteiger partial charge on any atom is -0.493 e. The first-order valence-electron chi connectivity index (χ1n) is 10.8. The third-order valence-electron chi connectivity index (χ3n) is 5.78. The number of aliphatic carboxylic acids is 1. The van der Waals surface area contributed by atoms with Crippen molar-refractivity contribution >= 4 is 23.5 Å². The number of ether oxygens (including phenoxy) is 1. The van der Waals surface area contributed by atoms with Crippen LogP contribution in [0.1, 0.15) is 33.5 Å². The highest BCUT2D eigenvalue weighted by Crippen LogP contribution is 2.41. The first-order valence-corrected chi connectivity index (χ1v) is 11.1. The van der Waals surface area contributed by atoms with Crippen LogP contribution in [0.25, 0.3) is 11.1 Å². The lowest BCUT2D eigenvalue weighted by Crippen LogP contribution is -2.43. The number of nitrogens with zero attached hydrogens (tertiary/aromatic N) is 1. The summed E-state index contributed by atoms with van der Waals surface area (Å²) in [6.45, 7) is 0.461. The molecule has 0 aromatic heterocycles. The van der Waals surface area contributed by atoms with E-state index in [2.05, 4.69) is 5.32 Å². The van der Waals surface area contributed by atoms with Crippen LogP contribution in [0.15, 0.2) is 48.5 Å². The molecule has 3 aromatic rings. The van der Waals surface area contributed by atoms with E-state index < -0.39 is 35.1 Å². The first kappa shape index (κ1) is 24.2. The van der Waals surface area contributed by atoms with Crippen molar-refractivity contribution < 1.29 is 28.2 Å². The van der Waals surface area contributed by atoms with E-state index in [0.29, 0.717) is 52.5 Å². The van der Waals surface area contributed by atoms with Gasteiger partial charge in [-0.15, -0.1) is 0 Å². The van der Waals surface area contributed by atoms with Crippen LogP contribution in [0.5, 0.6) is 5.75 Å². The van der Waals surface area contributed by atoms with Crippen LogP contribution in [-0.4, -0.2) is 29.6 Å². The minimum atomic E-state index is -1.43.